The molecule has 0 aromatic carbocycles. The van der Waals surface area contributed by atoms with Gasteiger partial charge >= 0.3 is 5.97 Å². The molecule has 4 heteroatoms. The summed E-state index contributed by atoms with van der Waals surface area (Å²) in [5, 5.41) is 8.36. The first-order valence-corrected chi connectivity index (χ1v) is 2.60. The fraction of sp³-hybridized carbons (Fsp3) is 0. The molecule has 0 aliphatic carbocycles. The molecule has 4 nitrogen and oxygen atoms in total. The topological polar surface area (TPSA) is 59.3 Å². The summed E-state index contributed by atoms with van der Waals surface area (Å²) in [4.78, 5) is 20.2. The molecule has 52 valence electrons. The van der Waals surface area contributed by atoms with E-state index in [4.69, 9.17) is 5.11 Å². The number of carbonyl (C=O) groups excluding carboxylic acids is 1. The van der Waals surface area contributed by atoms with Gasteiger partial charge in [0.1, 0.15) is 0 Å². The molecule has 10 heavy (non-hydrogen) atoms. The Morgan fingerprint density at radius 2 is 2.40 bits per heavy atom. The molecule has 0 fully saturated rings. The van der Waals surface area contributed by atoms with Crippen molar-refractivity contribution in [3.63, 3.8) is 0 Å². The van der Waals surface area contributed by atoms with E-state index in [2.05, 4.69) is 0 Å². The monoisotopic (exact) mass is 139 g/mol. The van der Waals surface area contributed by atoms with E-state index >= 15 is 0 Å². The van der Waals surface area contributed by atoms with Gasteiger partial charge in [0.15, 0.2) is 0 Å². The summed E-state index contributed by atoms with van der Waals surface area (Å²) in [6, 6.07) is 1.36. The molecule has 0 unspecified atom stereocenters. The second-order valence-electron chi connectivity index (χ2n) is 1.76. The number of aromatic carboxylic acids is 1. The average Bonchev–Trinajstić information content (AvgIpc) is 2.34. The molecule has 0 radical (unpaired) electrons. The molecular formula is C6H5NO3. The van der Waals surface area contributed by atoms with Gasteiger partial charge in [-0.1, -0.05) is 0 Å². The summed E-state index contributed by atoms with van der Waals surface area (Å²) in [6.07, 6.45) is 3.16. The lowest BCUT2D eigenvalue weighted by Gasteiger charge is -1.83. The number of nitrogens with zero attached hydrogens (tertiary/aromatic N) is 1. The van der Waals surface area contributed by atoms with Crippen LogP contribution in [0.5, 0.6) is 0 Å². The Balaban J connectivity index is 2.98. The normalized spacial score (nSPS) is 9.20. The predicted molar refractivity (Wildman–Crippen MR) is 33.5 cm³/mol. The minimum Gasteiger partial charge on any atom is -0.478 e. The smallest absolute Gasteiger partial charge is 0.337 e. The number of rotatable bonds is 2. The molecular weight excluding hydrogens is 134 g/mol. The lowest BCUT2D eigenvalue weighted by Crippen LogP contribution is -1.94. The van der Waals surface area contributed by atoms with Crippen molar-refractivity contribution in [1.29, 1.82) is 0 Å². The van der Waals surface area contributed by atoms with Crippen molar-refractivity contribution >= 4 is 12.4 Å². The van der Waals surface area contributed by atoms with Gasteiger partial charge in [0.2, 0.25) is 6.41 Å². The largest absolute Gasteiger partial charge is 0.478 e. The molecule has 0 bridgehead atoms. The van der Waals surface area contributed by atoms with E-state index in [1.807, 2.05) is 0 Å². The Morgan fingerprint density at radius 3 is 2.70 bits per heavy atom. The third-order valence-electron chi connectivity index (χ3n) is 1.08. The Hall–Kier alpha value is -1.58. The first kappa shape index (κ1) is 6.54. The van der Waals surface area contributed by atoms with Crippen LogP contribution >= 0.6 is 0 Å². The van der Waals surface area contributed by atoms with Gasteiger partial charge in [-0.05, 0) is 6.07 Å². The minimum atomic E-state index is -1.03. The average molecular weight is 139 g/mol. The summed E-state index contributed by atoms with van der Waals surface area (Å²) in [7, 11) is 0. The molecule has 1 N–H and O–H groups in total. The maximum absolute atomic E-state index is 10.2. The third-order valence-corrected chi connectivity index (χ3v) is 1.08. The highest BCUT2D eigenvalue weighted by Gasteiger charge is 2.02. The number of carbonyl (C=O) groups is 2. The molecule has 0 spiro atoms. The third kappa shape index (κ3) is 1.05. The van der Waals surface area contributed by atoms with Crippen molar-refractivity contribution < 1.29 is 14.7 Å². The molecule has 0 aliphatic heterocycles. The molecule has 0 atom stereocenters. The zero-order valence-corrected chi connectivity index (χ0v) is 5.02. The second-order valence-corrected chi connectivity index (χ2v) is 1.76. The van der Waals surface area contributed by atoms with Crippen LogP contribution in [0.15, 0.2) is 18.5 Å². The van der Waals surface area contributed by atoms with E-state index in [1.54, 1.807) is 0 Å². The summed E-state index contributed by atoms with van der Waals surface area (Å²) < 4.78 is 1.14. The second kappa shape index (κ2) is 2.34. The molecule has 1 rings (SSSR count). The standard InChI is InChI=1S/C6H5NO3/c8-4-7-2-1-5(3-7)6(9)10/h1-4H,(H,9,10). The first-order chi connectivity index (χ1) is 4.74. The predicted octanol–water partition coefficient (Wildman–Crippen LogP) is 0.225. The van der Waals surface area contributed by atoms with Gasteiger partial charge in [0.25, 0.3) is 0 Å². The SMILES string of the molecule is O=Cn1ccc(C(=O)O)c1. The minimum absolute atomic E-state index is 0.118. The molecule has 1 aromatic rings. The Kier molecular flexibility index (Phi) is 1.53. The van der Waals surface area contributed by atoms with Crippen molar-refractivity contribution in [3.05, 3.63) is 24.0 Å². The van der Waals surface area contributed by atoms with Crippen molar-refractivity contribution in [2.24, 2.45) is 0 Å². The Morgan fingerprint density at radius 1 is 1.70 bits per heavy atom. The highest BCUT2D eigenvalue weighted by Crippen LogP contribution is 1.97. The van der Waals surface area contributed by atoms with Crippen molar-refractivity contribution in [2.75, 3.05) is 0 Å². The number of hydrogen-bond donors (Lipinski definition) is 1. The van der Waals surface area contributed by atoms with E-state index in [9.17, 15) is 9.59 Å². The lowest BCUT2D eigenvalue weighted by atomic mass is 10.4. The molecule has 1 aromatic heterocycles. The fourth-order valence-corrected chi connectivity index (χ4v) is 0.605. The van der Waals surface area contributed by atoms with E-state index in [-0.39, 0.29) is 5.56 Å². The molecule has 0 amide bonds. The van der Waals surface area contributed by atoms with Gasteiger partial charge in [0.05, 0.1) is 5.56 Å². The van der Waals surface area contributed by atoms with E-state index < -0.39 is 5.97 Å². The van der Waals surface area contributed by atoms with Gasteiger partial charge in [-0.2, -0.15) is 0 Å². The fourth-order valence-electron chi connectivity index (χ4n) is 0.605. The maximum atomic E-state index is 10.2. The van der Waals surface area contributed by atoms with Crippen LogP contribution in [0.4, 0.5) is 0 Å². The summed E-state index contributed by atoms with van der Waals surface area (Å²) in [6.45, 7) is 0. The van der Waals surface area contributed by atoms with Crippen LogP contribution in [0, 0.1) is 0 Å². The van der Waals surface area contributed by atoms with Crippen LogP contribution in [-0.2, 0) is 4.79 Å². The highest BCUT2D eigenvalue weighted by atomic mass is 16.4. The van der Waals surface area contributed by atoms with Crippen LogP contribution in [-0.4, -0.2) is 22.1 Å². The number of aromatic nitrogens is 1. The molecule has 0 saturated heterocycles. The van der Waals surface area contributed by atoms with Gasteiger partial charge in [0, 0.05) is 12.4 Å². The number of carboxylic acids is 1. The maximum Gasteiger partial charge on any atom is 0.337 e. The van der Waals surface area contributed by atoms with Crippen LogP contribution < -0.4 is 0 Å². The van der Waals surface area contributed by atoms with Gasteiger partial charge in [-0.25, -0.2) is 4.79 Å². The summed E-state index contributed by atoms with van der Waals surface area (Å²) in [5.74, 6) is -1.03. The van der Waals surface area contributed by atoms with Crippen LogP contribution in [0.1, 0.15) is 10.4 Å². The highest BCUT2D eigenvalue weighted by molar-refractivity contribution is 5.87. The zero-order chi connectivity index (χ0) is 7.56. The number of hydrogen-bond acceptors (Lipinski definition) is 2. The van der Waals surface area contributed by atoms with E-state index in [0.717, 1.165) is 4.57 Å². The van der Waals surface area contributed by atoms with Crippen molar-refractivity contribution in [1.82, 2.24) is 4.57 Å². The zero-order valence-electron chi connectivity index (χ0n) is 5.02. The molecule has 0 aliphatic rings. The van der Waals surface area contributed by atoms with Crippen LogP contribution in [0.2, 0.25) is 0 Å². The summed E-state index contributed by atoms with van der Waals surface area (Å²) >= 11 is 0. The van der Waals surface area contributed by atoms with Crippen LogP contribution in [0.25, 0.3) is 0 Å². The van der Waals surface area contributed by atoms with E-state index in [0.29, 0.717) is 6.41 Å². The van der Waals surface area contributed by atoms with Crippen molar-refractivity contribution in [2.45, 2.75) is 0 Å². The molecule has 1 heterocycles. The number of carboxylic acid groups (broad SMARTS) is 1. The quantitative estimate of drug-likeness (QED) is 0.596. The van der Waals surface area contributed by atoms with Crippen molar-refractivity contribution in [3.8, 4) is 0 Å². The van der Waals surface area contributed by atoms with E-state index in [1.165, 1.54) is 18.5 Å². The van der Waals surface area contributed by atoms with Crippen LogP contribution in [0.3, 0.4) is 0 Å². The summed E-state index contributed by atoms with van der Waals surface area (Å²) in [5.41, 5.74) is 0.118. The lowest BCUT2D eigenvalue weighted by molar-refractivity contribution is 0.0697. The first-order valence-electron chi connectivity index (χ1n) is 2.60. The Labute approximate surface area is 56.7 Å². The Bertz CT molecular complexity index is 264. The molecule has 0 saturated carbocycles. The van der Waals surface area contributed by atoms with Gasteiger partial charge < -0.3 is 5.11 Å². The van der Waals surface area contributed by atoms with Gasteiger partial charge in [-0.15, -0.1) is 0 Å². The van der Waals surface area contributed by atoms with Gasteiger partial charge in [-0.3, -0.25) is 9.36 Å².